The highest BCUT2D eigenvalue weighted by atomic mass is 16.6. The summed E-state index contributed by atoms with van der Waals surface area (Å²) in [5.41, 5.74) is 0.519. The van der Waals surface area contributed by atoms with Crippen LogP contribution in [0.15, 0.2) is 18.3 Å². The quantitative estimate of drug-likeness (QED) is 0.724. The molecule has 1 fully saturated rings. The number of aromatic nitrogens is 1. The number of likely N-dealkylation sites (tertiary alicyclic amines) is 1. The molecule has 2 N–H and O–H groups in total. The van der Waals surface area contributed by atoms with Gasteiger partial charge in [-0.05, 0) is 31.9 Å². The van der Waals surface area contributed by atoms with Crippen LogP contribution in [0.4, 0.5) is 10.6 Å². The second kappa shape index (κ2) is 9.83. The minimum absolute atomic E-state index is 0.0534. The van der Waals surface area contributed by atoms with Gasteiger partial charge in [0.2, 0.25) is 0 Å². The molecule has 1 saturated heterocycles. The highest BCUT2D eigenvalue weighted by Crippen LogP contribution is 2.13. The topological polar surface area (TPSA) is 92.8 Å². The number of hydrogen-bond donors (Lipinski definition) is 2. The molecule has 1 aromatic heterocycles. The normalized spacial score (nSPS) is 14.9. The number of hydrogen-bond acceptors (Lipinski definition) is 6. The zero-order valence-corrected chi connectivity index (χ0v) is 14.8. The molecule has 0 bridgehead atoms. The zero-order valence-electron chi connectivity index (χ0n) is 14.8. The third-order valence-corrected chi connectivity index (χ3v) is 3.99. The molecule has 1 aromatic rings. The SMILES string of the molecule is CCOC(=O)N1CCC(NC(=O)c2ccc(NCCOC)nc2)CC1. The average molecular weight is 350 g/mol. The van der Waals surface area contributed by atoms with E-state index in [4.69, 9.17) is 9.47 Å². The standard InChI is InChI=1S/C17H26N4O4/c1-3-25-17(23)21-9-6-14(7-10-21)20-16(22)13-4-5-15(19-12-13)18-8-11-24-2/h4-5,12,14H,3,6-11H2,1-2H3,(H,18,19)(H,20,22). The molecular formula is C17H26N4O4. The van der Waals surface area contributed by atoms with Crippen LogP contribution in [0.25, 0.3) is 0 Å². The second-order valence-corrected chi connectivity index (χ2v) is 5.79. The molecule has 0 aliphatic carbocycles. The second-order valence-electron chi connectivity index (χ2n) is 5.79. The molecule has 0 unspecified atom stereocenters. The number of carbonyl (C=O) groups is 2. The van der Waals surface area contributed by atoms with Crippen molar-refractivity contribution >= 4 is 17.8 Å². The Morgan fingerprint density at radius 3 is 2.68 bits per heavy atom. The van der Waals surface area contributed by atoms with Crippen LogP contribution in [0.2, 0.25) is 0 Å². The molecule has 0 saturated carbocycles. The van der Waals surface area contributed by atoms with Crippen LogP contribution in [0.5, 0.6) is 0 Å². The van der Waals surface area contributed by atoms with Crippen LogP contribution < -0.4 is 10.6 Å². The van der Waals surface area contributed by atoms with Crippen molar-refractivity contribution in [3.05, 3.63) is 23.9 Å². The highest BCUT2D eigenvalue weighted by Gasteiger charge is 2.24. The lowest BCUT2D eigenvalue weighted by Gasteiger charge is -2.31. The number of methoxy groups -OCH3 is 1. The predicted molar refractivity (Wildman–Crippen MR) is 93.7 cm³/mol. The fraction of sp³-hybridized carbons (Fsp3) is 0.588. The summed E-state index contributed by atoms with van der Waals surface area (Å²) >= 11 is 0. The molecule has 2 heterocycles. The molecule has 1 aliphatic rings. The zero-order chi connectivity index (χ0) is 18.1. The van der Waals surface area contributed by atoms with Crippen molar-refractivity contribution in [1.82, 2.24) is 15.2 Å². The number of carbonyl (C=O) groups excluding carboxylic acids is 2. The van der Waals surface area contributed by atoms with Crippen LogP contribution in [-0.2, 0) is 9.47 Å². The van der Waals surface area contributed by atoms with Gasteiger partial charge in [-0.15, -0.1) is 0 Å². The van der Waals surface area contributed by atoms with Crippen LogP contribution in [0.1, 0.15) is 30.1 Å². The van der Waals surface area contributed by atoms with Gasteiger partial charge in [0.1, 0.15) is 5.82 Å². The lowest BCUT2D eigenvalue weighted by atomic mass is 10.0. The molecule has 25 heavy (non-hydrogen) atoms. The summed E-state index contributed by atoms with van der Waals surface area (Å²) in [5.74, 6) is 0.557. The van der Waals surface area contributed by atoms with Crippen molar-refractivity contribution in [1.29, 1.82) is 0 Å². The van der Waals surface area contributed by atoms with Crippen molar-refractivity contribution in [3.8, 4) is 0 Å². The van der Waals surface area contributed by atoms with Gasteiger partial charge in [0.15, 0.2) is 0 Å². The van der Waals surface area contributed by atoms with Crippen molar-refractivity contribution in [2.24, 2.45) is 0 Å². The highest BCUT2D eigenvalue weighted by molar-refractivity contribution is 5.94. The molecule has 0 aromatic carbocycles. The van der Waals surface area contributed by atoms with Gasteiger partial charge in [0, 0.05) is 39.0 Å². The van der Waals surface area contributed by atoms with Gasteiger partial charge >= 0.3 is 6.09 Å². The van der Waals surface area contributed by atoms with Crippen molar-refractivity contribution < 1.29 is 19.1 Å². The van der Waals surface area contributed by atoms with E-state index in [1.54, 1.807) is 37.3 Å². The first-order valence-electron chi connectivity index (χ1n) is 8.55. The van der Waals surface area contributed by atoms with Gasteiger partial charge in [-0.2, -0.15) is 0 Å². The van der Waals surface area contributed by atoms with Crippen LogP contribution in [0, 0.1) is 0 Å². The summed E-state index contributed by atoms with van der Waals surface area (Å²) in [6, 6.07) is 3.57. The molecule has 2 rings (SSSR count). The van der Waals surface area contributed by atoms with E-state index in [0.29, 0.717) is 57.1 Å². The Balaban J connectivity index is 1.77. The third kappa shape index (κ3) is 5.90. The van der Waals surface area contributed by atoms with Gasteiger partial charge < -0.3 is 25.0 Å². The van der Waals surface area contributed by atoms with E-state index < -0.39 is 0 Å². The molecule has 2 amide bonds. The Bertz CT molecular complexity index is 556. The summed E-state index contributed by atoms with van der Waals surface area (Å²) in [6.45, 7) is 4.59. The Hall–Kier alpha value is -2.35. The van der Waals surface area contributed by atoms with Crippen molar-refractivity contribution in [3.63, 3.8) is 0 Å². The third-order valence-electron chi connectivity index (χ3n) is 3.99. The molecule has 0 radical (unpaired) electrons. The largest absolute Gasteiger partial charge is 0.450 e. The van der Waals surface area contributed by atoms with Gasteiger partial charge in [-0.25, -0.2) is 9.78 Å². The number of nitrogens with zero attached hydrogens (tertiary/aromatic N) is 2. The van der Waals surface area contributed by atoms with E-state index in [9.17, 15) is 9.59 Å². The number of piperidine rings is 1. The van der Waals surface area contributed by atoms with E-state index in [1.165, 1.54) is 0 Å². The number of nitrogens with one attached hydrogen (secondary N) is 2. The first kappa shape index (κ1) is 19.0. The molecule has 8 nitrogen and oxygen atoms in total. The number of anilines is 1. The average Bonchev–Trinajstić information content (AvgIpc) is 2.63. The fourth-order valence-corrected chi connectivity index (χ4v) is 2.60. The number of ether oxygens (including phenoxy) is 2. The molecule has 138 valence electrons. The smallest absolute Gasteiger partial charge is 0.409 e. The van der Waals surface area contributed by atoms with Gasteiger partial charge in [-0.1, -0.05) is 0 Å². The predicted octanol–water partition coefficient (Wildman–Crippen LogP) is 1.49. The summed E-state index contributed by atoms with van der Waals surface area (Å²) in [4.78, 5) is 29.9. The molecule has 8 heteroatoms. The first-order valence-corrected chi connectivity index (χ1v) is 8.55. The maximum Gasteiger partial charge on any atom is 0.409 e. The Morgan fingerprint density at radius 1 is 1.32 bits per heavy atom. The fourth-order valence-electron chi connectivity index (χ4n) is 2.60. The van der Waals surface area contributed by atoms with Crippen molar-refractivity contribution in [2.75, 3.05) is 45.3 Å². The minimum atomic E-state index is -0.284. The van der Waals surface area contributed by atoms with Crippen LogP contribution in [0.3, 0.4) is 0 Å². The summed E-state index contributed by atoms with van der Waals surface area (Å²) in [7, 11) is 1.64. The number of rotatable bonds is 7. The monoisotopic (exact) mass is 350 g/mol. The minimum Gasteiger partial charge on any atom is -0.450 e. The molecule has 0 spiro atoms. The summed E-state index contributed by atoms with van der Waals surface area (Å²) in [5, 5.41) is 6.10. The van der Waals surface area contributed by atoms with Gasteiger partial charge in [-0.3, -0.25) is 4.79 Å². The van der Waals surface area contributed by atoms with E-state index in [1.807, 2.05) is 0 Å². The lowest BCUT2D eigenvalue weighted by Crippen LogP contribution is -2.46. The van der Waals surface area contributed by atoms with Gasteiger partial charge in [0.25, 0.3) is 5.91 Å². The Labute approximate surface area is 147 Å². The van der Waals surface area contributed by atoms with Crippen LogP contribution in [-0.4, -0.2) is 67.9 Å². The Morgan fingerprint density at radius 2 is 2.08 bits per heavy atom. The maximum atomic E-state index is 12.3. The van der Waals surface area contributed by atoms with E-state index in [0.717, 1.165) is 0 Å². The number of amides is 2. The molecule has 0 atom stereocenters. The van der Waals surface area contributed by atoms with E-state index in [2.05, 4.69) is 15.6 Å². The van der Waals surface area contributed by atoms with E-state index in [-0.39, 0.29) is 18.0 Å². The number of pyridine rings is 1. The first-order chi connectivity index (χ1) is 12.1. The van der Waals surface area contributed by atoms with Crippen molar-refractivity contribution in [2.45, 2.75) is 25.8 Å². The maximum absolute atomic E-state index is 12.3. The Kier molecular flexibility index (Phi) is 7.46. The summed E-state index contributed by atoms with van der Waals surface area (Å²) < 4.78 is 9.95. The molecule has 1 aliphatic heterocycles. The summed E-state index contributed by atoms with van der Waals surface area (Å²) in [6.07, 6.45) is 2.70. The van der Waals surface area contributed by atoms with E-state index >= 15 is 0 Å². The lowest BCUT2D eigenvalue weighted by molar-refractivity contribution is 0.0860. The van der Waals surface area contributed by atoms with Gasteiger partial charge in [0.05, 0.1) is 18.8 Å². The van der Waals surface area contributed by atoms with Crippen LogP contribution >= 0.6 is 0 Å². The molecular weight excluding hydrogens is 324 g/mol.